The lowest BCUT2D eigenvalue weighted by Gasteiger charge is -2.38. The third kappa shape index (κ3) is 6.21. The number of phenolic OH excluding ortho intramolecular Hbond substituents is 1. The Morgan fingerprint density at radius 2 is 1.73 bits per heavy atom. The van der Waals surface area contributed by atoms with Gasteiger partial charge in [0, 0.05) is 45.2 Å². The van der Waals surface area contributed by atoms with E-state index < -0.39 is 0 Å². The lowest BCUT2D eigenvalue weighted by molar-refractivity contribution is -0.138. The summed E-state index contributed by atoms with van der Waals surface area (Å²) in [7, 11) is 0. The number of piperidine rings is 1. The number of benzene rings is 1. The summed E-state index contributed by atoms with van der Waals surface area (Å²) in [6.45, 7) is 10.7. The molecule has 0 aliphatic carbocycles. The number of aromatic hydroxyl groups is 1. The molecule has 0 atom stereocenters. The monoisotopic (exact) mass is 410 g/mol. The lowest BCUT2D eigenvalue weighted by Crippen LogP contribution is -2.51. The molecule has 0 unspecified atom stereocenters. The van der Waals surface area contributed by atoms with Crippen molar-refractivity contribution in [3.8, 4) is 5.75 Å². The summed E-state index contributed by atoms with van der Waals surface area (Å²) >= 11 is 0. The first-order valence-electron chi connectivity index (χ1n) is 10.8. The van der Waals surface area contributed by atoms with Gasteiger partial charge < -0.3 is 15.7 Å². The number of nitrogens with two attached hydrogens (primary N) is 1. The van der Waals surface area contributed by atoms with Crippen LogP contribution in [0.1, 0.15) is 18.4 Å². The topological polar surface area (TPSA) is 73.0 Å². The Morgan fingerprint density at radius 1 is 1.07 bits per heavy atom. The molecular weight excluding hydrogens is 376 g/mol. The van der Waals surface area contributed by atoms with Crippen molar-refractivity contribution in [3.05, 3.63) is 66.4 Å². The van der Waals surface area contributed by atoms with Crippen LogP contribution in [-0.2, 0) is 11.3 Å². The molecule has 0 bridgehead atoms. The zero-order valence-electron chi connectivity index (χ0n) is 17.7. The fourth-order valence-electron chi connectivity index (χ4n) is 4.28. The maximum absolute atomic E-state index is 13.0. The highest BCUT2D eigenvalue weighted by Crippen LogP contribution is 2.22. The molecule has 2 aliphatic rings. The smallest absolute Gasteiger partial charge is 0.225 e. The number of phenols is 1. The van der Waals surface area contributed by atoms with Crippen molar-refractivity contribution < 1.29 is 9.90 Å². The van der Waals surface area contributed by atoms with Gasteiger partial charge in [0.25, 0.3) is 0 Å². The van der Waals surface area contributed by atoms with E-state index >= 15 is 0 Å². The molecule has 1 amide bonds. The molecule has 1 aromatic carbocycles. The highest BCUT2D eigenvalue weighted by atomic mass is 16.3. The number of carbonyl (C=O) groups excluding carboxylic acids is 1. The molecule has 2 saturated heterocycles. The zero-order valence-corrected chi connectivity index (χ0v) is 17.7. The zero-order chi connectivity index (χ0) is 21.3. The van der Waals surface area contributed by atoms with Crippen LogP contribution in [0.4, 0.5) is 0 Å². The van der Waals surface area contributed by atoms with E-state index in [1.165, 1.54) is 5.56 Å². The van der Waals surface area contributed by atoms with Gasteiger partial charge in [-0.1, -0.05) is 30.9 Å². The average molecular weight is 411 g/mol. The van der Waals surface area contributed by atoms with Gasteiger partial charge in [0.05, 0.1) is 0 Å². The number of hydrogen-bond donors (Lipinski definition) is 2. The van der Waals surface area contributed by atoms with Crippen LogP contribution in [0.2, 0.25) is 0 Å². The summed E-state index contributed by atoms with van der Waals surface area (Å²) in [5.41, 5.74) is 7.86. The molecule has 3 N–H and O–H groups in total. The van der Waals surface area contributed by atoms with Crippen LogP contribution in [0.15, 0.2) is 60.8 Å². The molecule has 2 fully saturated rings. The van der Waals surface area contributed by atoms with Gasteiger partial charge in [0.1, 0.15) is 5.75 Å². The molecule has 0 aromatic heterocycles. The summed E-state index contributed by atoms with van der Waals surface area (Å²) < 4.78 is 0. The van der Waals surface area contributed by atoms with Crippen molar-refractivity contribution in [1.82, 2.24) is 14.7 Å². The molecule has 1 aromatic rings. The second-order valence-electron chi connectivity index (χ2n) is 8.15. The van der Waals surface area contributed by atoms with Gasteiger partial charge in [-0.2, -0.15) is 0 Å². The highest BCUT2D eigenvalue weighted by molar-refractivity contribution is 5.79. The molecular formula is C24H34N4O2. The van der Waals surface area contributed by atoms with E-state index in [9.17, 15) is 9.90 Å². The van der Waals surface area contributed by atoms with E-state index in [1.807, 2.05) is 29.2 Å². The molecule has 3 rings (SSSR count). The molecule has 162 valence electrons. The van der Waals surface area contributed by atoms with E-state index in [4.69, 9.17) is 5.73 Å². The van der Waals surface area contributed by atoms with Gasteiger partial charge in [-0.3, -0.25) is 14.6 Å². The van der Waals surface area contributed by atoms with E-state index in [0.717, 1.165) is 70.8 Å². The Morgan fingerprint density at radius 3 is 2.33 bits per heavy atom. The van der Waals surface area contributed by atoms with Crippen molar-refractivity contribution in [2.24, 2.45) is 11.7 Å². The Bertz CT molecular complexity index is 756. The molecule has 0 radical (unpaired) electrons. The van der Waals surface area contributed by atoms with Crippen molar-refractivity contribution in [1.29, 1.82) is 0 Å². The molecule has 6 nitrogen and oxygen atoms in total. The number of nitrogens with zero attached hydrogens (tertiary/aromatic N) is 3. The number of allylic oxidation sites excluding steroid dienone is 2. The fourth-order valence-corrected chi connectivity index (χ4v) is 4.28. The number of rotatable bonds is 7. The SMILES string of the molecule is C=C/C=C(\C=C/N)CN1CCC(C(=O)N2CCN(Cc3ccc(O)cc3)CC2)CC1. The van der Waals surface area contributed by atoms with Crippen LogP contribution < -0.4 is 5.73 Å². The van der Waals surface area contributed by atoms with Crippen LogP contribution in [0.5, 0.6) is 5.75 Å². The van der Waals surface area contributed by atoms with Gasteiger partial charge in [-0.15, -0.1) is 0 Å². The first-order chi connectivity index (χ1) is 14.6. The van der Waals surface area contributed by atoms with Crippen molar-refractivity contribution in [3.63, 3.8) is 0 Å². The van der Waals surface area contributed by atoms with Crippen molar-refractivity contribution in [2.75, 3.05) is 45.8 Å². The van der Waals surface area contributed by atoms with E-state index in [2.05, 4.69) is 16.4 Å². The first-order valence-corrected chi connectivity index (χ1v) is 10.8. The predicted molar refractivity (Wildman–Crippen MR) is 121 cm³/mol. The van der Waals surface area contributed by atoms with Crippen LogP contribution >= 0.6 is 0 Å². The van der Waals surface area contributed by atoms with Gasteiger partial charge in [0.2, 0.25) is 5.91 Å². The molecule has 2 heterocycles. The minimum atomic E-state index is 0.141. The van der Waals surface area contributed by atoms with E-state index in [-0.39, 0.29) is 5.92 Å². The number of piperazine rings is 1. The minimum Gasteiger partial charge on any atom is -0.508 e. The number of likely N-dealkylation sites (tertiary alicyclic amines) is 1. The third-order valence-electron chi connectivity index (χ3n) is 6.01. The maximum atomic E-state index is 13.0. The molecule has 0 saturated carbocycles. The summed E-state index contributed by atoms with van der Waals surface area (Å²) in [6, 6.07) is 7.37. The Balaban J connectivity index is 1.42. The van der Waals surface area contributed by atoms with E-state index in [1.54, 1.807) is 24.4 Å². The molecule has 30 heavy (non-hydrogen) atoms. The third-order valence-corrected chi connectivity index (χ3v) is 6.01. The van der Waals surface area contributed by atoms with E-state index in [0.29, 0.717) is 11.7 Å². The number of hydrogen-bond acceptors (Lipinski definition) is 5. The van der Waals surface area contributed by atoms with Crippen LogP contribution in [0, 0.1) is 5.92 Å². The van der Waals surface area contributed by atoms with Crippen LogP contribution in [0.25, 0.3) is 0 Å². The largest absolute Gasteiger partial charge is 0.508 e. The second-order valence-corrected chi connectivity index (χ2v) is 8.15. The maximum Gasteiger partial charge on any atom is 0.225 e. The Hall–Kier alpha value is -2.57. The normalized spacial score (nSPS) is 20.0. The summed E-state index contributed by atoms with van der Waals surface area (Å²) in [5.74, 6) is 0.758. The van der Waals surface area contributed by atoms with Gasteiger partial charge in [-0.05, 0) is 61.5 Å². The fraction of sp³-hybridized carbons (Fsp3) is 0.458. The lowest BCUT2D eigenvalue weighted by atomic mass is 9.94. The quantitative estimate of drug-likeness (QED) is 0.675. The minimum absolute atomic E-state index is 0.141. The Kier molecular flexibility index (Phi) is 8.11. The second kappa shape index (κ2) is 11.0. The molecule has 2 aliphatic heterocycles. The van der Waals surface area contributed by atoms with Gasteiger partial charge >= 0.3 is 0 Å². The number of carbonyl (C=O) groups is 1. The van der Waals surface area contributed by atoms with Crippen LogP contribution in [-0.4, -0.2) is 71.5 Å². The summed E-state index contributed by atoms with van der Waals surface area (Å²) in [4.78, 5) is 19.8. The number of amides is 1. The van der Waals surface area contributed by atoms with Crippen molar-refractivity contribution >= 4 is 5.91 Å². The molecule has 0 spiro atoms. The van der Waals surface area contributed by atoms with Crippen LogP contribution in [0.3, 0.4) is 0 Å². The Labute approximate surface area is 179 Å². The molecule has 6 heteroatoms. The summed E-state index contributed by atoms with van der Waals surface area (Å²) in [6.07, 6.45) is 9.08. The van der Waals surface area contributed by atoms with Crippen molar-refractivity contribution in [2.45, 2.75) is 19.4 Å². The first kappa shape index (κ1) is 22.1. The predicted octanol–water partition coefficient (Wildman–Crippen LogP) is 2.33. The summed E-state index contributed by atoms with van der Waals surface area (Å²) in [5, 5.41) is 9.41. The average Bonchev–Trinajstić information content (AvgIpc) is 2.76. The highest BCUT2D eigenvalue weighted by Gasteiger charge is 2.30. The van der Waals surface area contributed by atoms with Gasteiger partial charge in [-0.25, -0.2) is 0 Å². The van der Waals surface area contributed by atoms with Gasteiger partial charge in [0.15, 0.2) is 0 Å². The standard InChI is InChI=1S/C24H34N4O2/c1-2-3-20(8-11-25)18-26-12-9-22(10-13-26)24(30)28-16-14-27(15-17-28)19-21-4-6-23(29)7-5-21/h2-8,11,22,29H,1,9-10,12-19,25H2/b11-8-,20-3+.